The van der Waals surface area contributed by atoms with Crippen LogP contribution in [0.4, 0.5) is 5.69 Å². The summed E-state index contributed by atoms with van der Waals surface area (Å²) in [5, 5.41) is 2.75. The summed E-state index contributed by atoms with van der Waals surface area (Å²) in [4.78, 5) is 27.7. The molecule has 0 radical (unpaired) electrons. The number of nitrogens with one attached hydrogen (secondary N) is 1. The summed E-state index contributed by atoms with van der Waals surface area (Å²) >= 11 is 0. The number of rotatable bonds is 12. The fourth-order valence-corrected chi connectivity index (χ4v) is 4.79. The predicted molar refractivity (Wildman–Crippen MR) is 149 cm³/mol. The van der Waals surface area contributed by atoms with E-state index in [1.165, 1.54) is 4.90 Å². The second kappa shape index (κ2) is 13.1. The molecule has 0 saturated carbocycles. The van der Waals surface area contributed by atoms with E-state index < -0.39 is 28.5 Å². The van der Waals surface area contributed by atoms with Crippen LogP contribution in [-0.2, 0) is 32.8 Å². The lowest BCUT2D eigenvalue weighted by molar-refractivity contribution is -0.139. The van der Waals surface area contributed by atoms with Crippen molar-refractivity contribution >= 4 is 27.5 Å². The van der Waals surface area contributed by atoms with E-state index in [0.717, 1.165) is 27.3 Å². The van der Waals surface area contributed by atoms with E-state index in [-0.39, 0.29) is 12.5 Å². The maximum atomic E-state index is 13.6. The lowest BCUT2D eigenvalue weighted by Gasteiger charge is -2.31. The molecule has 0 saturated heterocycles. The molecular weight excluding hydrogens is 502 g/mol. The molecule has 1 N–H and O–H groups in total. The van der Waals surface area contributed by atoms with E-state index in [1.807, 2.05) is 61.5 Å². The normalized spacial score (nSPS) is 11.9. The van der Waals surface area contributed by atoms with Gasteiger partial charge in [-0.2, -0.15) is 0 Å². The Hall–Kier alpha value is -3.85. The van der Waals surface area contributed by atoms with Crippen LogP contribution in [-0.4, -0.2) is 50.5 Å². The van der Waals surface area contributed by atoms with E-state index >= 15 is 0 Å². The van der Waals surface area contributed by atoms with Crippen molar-refractivity contribution in [3.8, 4) is 5.75 Å². The van der Waals surface area contributed by atoms with Gasteiger partial charge >= 0.3 is 0 Å². The van der Waals surface area contributed by atoms with Gasteiger partial charge in [0.2, 0.25) is 21.8 Å². The number of hydrogen-bond donors (Lipinski definition) is 1. The number of benzene rings is 3. The molecule has 0 fully saturated rings. The Balaban J connectivity index is 1.82. The zero-order valence-electron chi connectivity index (χ0n) is 22.3. The number of likely N-dealkylation sites (N-methyl/N-ethyl adjacent to an activating group) is 1. The number of amides is 2. The van der Waals surface area contributed by atoms with Gasteiger partial charge < -0.3 is 15.0 Å². The first-order chi connectivity index (χ1) is 18.1. The number of aryl methyl sites for hydroxylation is 1. The Bertz CT molecular complexity index is 1330. The van der Waals surface area contributed by atoms with Gasteiger partial charge in [0.25, 0.3) is 0 Å². The lowest BCUT2D eigenvalue weighted by atomic mass is 10.1. The molecule has 0 aliphatic heterocycles. The average molecular weight is 538 g/mol. The summed E-state index contributed by atoms with van der Waals surface area (Å²) in [6, 6.07) is 23.0. The Morgan fingerprint density at radius 2 is 1.58 bits per heavy atom. The smallest absolute Gasteiger partial charge is 0.244 e. The van der Waals surface area contributed by atoms with Gasteiger partial charge in [-0.05, 0) is 61.7 Å². The van der Waals surface area contributed by atoms with Crippen LogP contribution in [0.25, 0.3) is 0 Å². The van der Waals surface area contributed by atoms with Gasteiger partial charge in [0.15, 0.2) is 0 Å². The zero-order valence-corrected chi connectivity index (χ0v) is 23.1. The fraction of sp³-hybridized carbons (Fsp3) is 0.310. The molecule has 2 amide bonds. The molecule has 1 atom stereocenters. The zero-order chi connectivity index (χ0) is 27.7. The molecule has 9 heteroatoms. The van der Waals surface area contributed by atoms with Crippen LogP contribution >= 0.6 is 0 Å². The van der Waals surface area contributed by atoms with E-state index in [2.05, 4.69) is 5.32 Å². The predicted octanol–water partition coefficient (Wildman–Crippen LogP) is 3.89. The van der Waals surface area contributed by atoms with Crippen LogP contribution in [0.15, 0.2) is 78.9 Å². The second-order valence-electron chi connectivity index (χ2n) is 9.06. The topological polar surface area (TPSA) is 96.0 Å². The van der Waals surface area contributed by atoms with Crippen molar-refractivity contribution < 1.29 is 22.7 Å². The minimum absolute atomic E-state index is 0.174. The molecule has 8 nitrogen and oxygen atoms in total. The van der Waals surface area contributed by atoms with E-state index in [1.54, 1.807) is 38.1 Å². The van der Waals surface area contributed by atoms with Gasteiger partial charge in [-0.3, -0.25) is 13.9 Å². The molecule has 0 bridgehead atoms. The first-order valence-electron chi connectivity index (χ1n) is 12.5. The highest BCUT2D eigenvalue weighted by molar-refractivity contribution is 7.92. The highest BCUT2D eigenvalue weighted by Gasteiger charge is 2.30. The number of ether oxygens (including phenoxy) is 1. The van der Waals surface area contributed by atoms with Crippen molar-refractivity contribution in [2.24, 2.45) is 0 Å². The number of carbonyl (C=O) groups excluding carboxylic acids is 2. The maximum Gasteiger partial charge on any atom is 0.244 e. The Labute approximate surface area is 225 Å². The van der Waals surface area contributed by atoms with Crippen molar-refractivity contribution in [1.29, 1.82) is 0 Å². The number of hydrogen-bond acceptors (Lipinski definition) is 5. The molecule has 202 valence electrons. The Kier molecular flexibility index (Phi) is 9.90. The van der Waals surface area contributed by atoms with Crippen molar-refractivity contribution in [3.05, 3.63) is 95.6 Å². The van der Waals surface area contributed by atoms with E-state index in [0.29, 0.717) is 24.6 Å². The third-order valence-corrected chi connectivity index (χ3v) is 7.31. The third kappa shape index (κ3) is 7.82. The summed E-state index contributed by atoms with van der Waals surface area (Å²) < 4.78 is 32.3. The molecule has 38 heavy (non-hydrogen) atoms. The minimum atomic E-state index is -3.81. The second-order valence-corrected chi connectivity index (χ2v) is 11.0. The fourth-order valence-electron chi connectivity index (χ4n) is 3.94. The van der Waals surface area contributed by atoms with Gasteiger partial charge in [-0.15, -0.1) is 0 Å². The van der Waals surface area contributed by atoms with Crippen LogP contribution in [0.2, 0.25) is 0 Å². The highest BCUT2D eigenvalue weighted by Crippen LogP contribution is 2.23. The molecule has 0 aliphatic carbocycles. The highest BCUT2D eigenvalue weighted by atomic mass is 32.2. The van der Waals surface area contributed by atoms with E-state index in [9.17, 15) is 18.0 Å². The summed E-state index contributed by atoms with van der Waals surface area (Å²) in [6.45, 7) is 5.90. The number of nitrogens with zero attached hydrogens (tertiary/aromatic N) is 2. The van der Waals surface area contributed by atoms with Crippen molar-refractivity contribution in [2.75, 3.05) is 23.7 Å². The van der Waals surface area contributed by atoms with Crippen LogP contribution < -0.4 is 14.4 Å². The van der Waals surface area contributed by atoms with Crippen molar-refractivity contribution in [2.45, 2.75) is 40.0 Å². The molecule has 0 heterocycles. The average Bonchev–Trinajstić information content (AvgIpc) is 2.90. The summed E-state index contributed by atoms with van der Waals surface area (Å²) in [5.41, 5.74) is 3.19. The summed E-state index contributed by atoms with van der Waals surface area (Å²) in [7, 11) is -3.81. The first-order valence-corrected chi connectivity index (χ1v) is 14.3. The van der Waals surface area contributed by atoms with Gasteiger partial charge in [-0.25, -0.2) is 8.42 Å². The molecule has 3 aromatic carbocycles. The van der Waals surface area contributed by atoms with Gasteiger partial charge in [-0.1, -0.05) is 54.6 Å². The van der Waals surface area contributed by atoms with Gasteiger partial charge in [0, 0.05) is 13.1 Å². The Morgan fingerprint density at radius 3 is 2.18 bits per heavy atom. The molecule has 3 rings (SSSR count). The molecule has 0 aromatic heterocycles. The molecule has 0 unspecified atom stereocenters. The molecule has 3 aromatic rings. The van der Waals surface area contributed by atoms with Gasteiger partial charge in [0.1, 0.15) is 24.9 Å². The number of carbonyl (C=O) groups is 2. The van der Waals surface area contributed by atoms with Crippen LogP contribution in [0.1, 0.15) is 30.5 Å². The molecule has 0 aliphatic rings. The van der Waals surface area contributed by atoms with Gasteiger partial charge in [0.05, 0.1) is 11.9 Å². The third-order valence-electron chi connectivity index (χ3n) is 6.17. The lowest BCUT2D eigenvalue weighted by Crippen LogP contribution is -2.51. The summed E-state index contributed by atoms with van der Waals surface area (Å²) in [5.74, 6) is -0.217. The van der Waals surface area contributed by atoms with Crippen LogP contribution in [0.3, 0.4) is 0 Å². The largest absolute Gasteiger partial charge is 0.489 e. The quantitative estimate of drug-likeness (QED) is 0.378. The van der Waals surface area contributed by atoms with Crippen molar-refractivity contribution in [3.63, 3.8) is 0 Å². The molecule has 0 spiro atoms. The first kappa shape index (κ1) is 28.7. The molecular formula is C29H35N3O5S. The Morgan fingerprint density at radius 1 is 0.947 bits per heavy atom. The number of sulfonamides is 1. The maximum absolute atomic E-state index is 13.6. The number of anilines is 1. The van der Waals surface area contributed by atoms with Crippen LogP contribution in [0.5, 0.6) is 5.75 Å². The monoisotopic (exact) mass is 537 g/mol. The van der Waals surface area contributed by atoms with Crippen LogP contribution in [0, 0.1) is 6.92 Å². The summed E-state index contributed by atoms with van der Waals surface area (Å²) in [6.07, 6.45) is 1.05. The standard InChI is InChI=1S/C29H35N3O5S/c1-5-30-29(34)23(3)31(19-25-14-10-9-11-22(25)2)28(33)20-32(38(4,35)36)26-15-17-27(18-16-26)37-21-24-12-7-6-8-13-24/h6-18,23H,5,19-21H2,1-4H3,(H,30,34)/t23-/m1/s1. The van der Waals surface area contributed by atoms with E-state index in [4.69, 9.17) is 4.74 Å². The SMILES string of the molecule is CCNC(=O)[C@@H](C)N(Cc1ccccc1C)C(=O)CN(c1ccc(OCc2ccccc2)cc1)S(C)(=O)=O. The minimum Gasteiger partial charge on any atom is -0.489 e. The van der Waals surface area contributed by atoms with Crippen molar-refractivity contribution in [1.82, 2.24) is 10.2 Å².